The predicted octanol–water partition coefficient (Wildman–Crippen LogP) is 1.61. The van der Waals surface area contributed by atoms with Crippen molar-refractivity contribution in [3.8, 4) is 5.88 Å². The second-order valence-electron chi connectivity index (χ2n) is 2.75. The number of ether oxygens (including phenoxy) is 1. The summed E-state index contributed by atoms with van der Waals surface area (Å²) in [5.74, 6) is 0.456. The average molecular weight is 201 g/mol. The Hall–Kier alpha value is -2.26. The molecule has 0 spiro atoms. The number of aliphatic imine (C=N–C) groups is 1. The van der Waals surface area contributed by atoms with Gasteiger partial charge in [-0.15, -0.1) is 0 Å². The van der Waals surface area contributed by atoms with Gasteiger partial charge in [0, 0.05) is 12.3 Å². The predicted molar refractivity (Wildman–Crippen MR) is 53.9 cm³/mol. The first-order valence-corrected chi connectivity index (χ1v) is 4.23. The van der Waals surface area contributed by atoms with Crippen LogP contribution in [-0.4, -0.2) is 23.2 Å². The van der Waals surface area contributed by atoms with Crippen LogP contribution in [0.5, 0.6) is 5.88 Å². The summed E-state index contributed by atoms with van der Waals surface area (Å²) in [4.78, 5) is 22.0. The molecule has 2 rings (SSSR count). The molecule has 2 aromatic rings. The highest BCUT2D eigenvalue weighted by Gasteiger charge is 2.03. The molecule has 0 N–H and O–H groups in total. The Morgan fingerprint density at radius 3 is 3.00 bits per heavy atom. The molecule has 0 atom stereocenters. The third-order valence-electron chi connectivity index (χ3n) is 1.91. The number of isocyanates is 1. The lowest BCUT2D eigenvalue weighted by Crippen LogP contribution is -1.89. The summed E-state index contributed by atoms with van der Waals surface area (Å²) in [5.41, 5.74) is 1.63. The topological polar surface area (TPSA) is 64.4 Å². The van der Waals surface area contributed by atoms with Crippen molar-refractivity contribution < 1.29 is 9.53 Å². The van der Waals surface area contributed by atoms with Gasteiger partial charge in [-0.2, -0.15) is 4.99 Å². The van der Waals surface area contributed by atoms with E-state index in [1.165, 1.54) is 13.2 Å². The van der Waals surface area contributed by atoms with Crippen LogP contribution < -0.4 is 4.74 Å². The fourth-order valence-electron chi connectivity index (χ4n) is 1.25. The normalized spacial score (nSPS) is 9.67. The van der Waals surface area contributed by atoms with E-state index in [-0.39, 0.29) is 0 Å². The monoisotopic (exact) mass is 201 g/mol. The minimum Gasteiger partial charge on any atom is -0.481 e. The highest BCUT2D eigenvalue weighted by atomic mass is 16.5. The first kappa shape index (κ1) is 9.30. The number of hydrogen-bond acceptors (Lipinski definition) is 5. The molecule has 0 aliphatic carbocycles. The van der Waals surface area contributed by atoms with Crippen LogP contribution in [-0.2, 0) is 4.79 Å². The molecular weight excluding hydrogens is 194 g/mol. The zero-order chi connectivity index (χ0) is 10.7. The smallest absolute Gasteiger partial charge is 0.240 e. The SMILES string of the molecule is COc1ccc2nccc(N=C=O)c2n1. The molecule has 0 radical (unpaired) electrons. The Bertz CT molecular complexity index is 547. The van der Waals surface area contributed by atoms with Crippen LogP contribution in [0, 0.1) is 0 Å². The van der Waals surface area contributed by atoms with Crippen molar-refractivity contribution >= 4 is 22.8 Å². The lowest BCUT2D eigenvalue weighted by atomic mass is 10.3. The summed E-state index contributed by atoms with van der Waals surface area (Å²) < 4.78 is 4.98. The van der Waals surface area contributed by atoms with E-state index in [0.717, 1.165) is 0 Å². The fourth-order valence-corrected chi connectivity index (χ4v) is 1.25. The van der Waals surface area contributed by atoms with Gasteiger partial charge >= 0.3 is 0 Å². The quantitative estimate of drug-likeness (QED) is 0.546. The molecule has 0 saturated heterocycles. The van der Waals surface area contributed by atoms with Crippen LogP contribution >= 0.6 is 0 Å². The van der Waals surface area contributed by atoms with E-state index < -0.39 is 0 Å². The summed E-state index contributed by atoms with van der Waals surface area (Å²) in [6.07, 6.45) is 3.04. The van der Waals surface area contributed by atoms with Crippen molar-refractivity contribution in [2.75, 3.05) is 7.11 Å². The largest absolute Gasteiger partial charge is 0.481 e. The van der Waals surface area contributed by atoms with E-state index in [1.54, 1.807) is 24.4 Å². The number of aromatic nitrogens is 2. The number of hydrogen-bond donors (Lipinski definition) is 0. The minimum atomic E-state index is 0.439. The second-order valence-corrected chi connectivity index (χ2v) is 2.75. The highest BCUT2D eigenvalue weighted by molar-refractivity contribution is 5.86. The van der Waals surface area contributed by atoms with Gasteiger partial charge in [0.05, 0.1) is 12.6 Å². The fraction of sp³-hybridized carbons (Fsp3) is 0.100. The van der Waals surface area contributed by atoms with Crippen molar-refractivity contribution in [2.45, 2.75) is 0 Å². The van der Waals surface area contributed by atoms with Gasteiger partial charge in [0.25, 0.3) is 0 Å². The van der Waals surface area contributed by atoms with Crippen LogP contribution in [0.25, 0.3) is 11.0 Å². The lowest BCUT2D eigenvalue weighted by molar-refractivity contribution is 0.399. The van der Waals surface area contributed by atoms with Gasteiger partial charge in [0.1, 0.15) is 11.2 Å². The Kier molecular flexibility index (Phi) is 2.39. The van der Waals surface area contributed by atoms with E-state index in [0.29, 0.717) is 22.6 Å². The summed E-state index contributed by atoms with van der Waals surface area (Å²) in [6, 6.07) is 5.05. The molecule has 5 nitrogen and oxygen atoms in total. The van der Waals surface area contributed by atoms with Crippen molar-refractivity contribution in [3.63, 3.8) is 0 Å². The molecule has 0 amide bonds. The molecule has 2 aromatic heterocycles. The summed E-state index contributed by atoms with van der Waals surface area (Å²) in [5, 5.41) is 0. The highest BCUT2D eigenvalue weighted by Crippen LogP contribution is 2.23. The molecule has 0 unspecified atom stereocenters. The maximum atomic E-state index is 10.2. The van der Waals surface area contributed by atoms with Gasteiger partial charge in [0.15, 0.2) is 0 Å². The van der Waals surface area contributed by atoms with Crippen LogP contribution in [0.4, 0.5) is 5.69 Å². The van der Waals surface area contributed by atoms with E-state index in [4.69, 9.17) is 4.74 Å². The molecule has 74 valence electrons. The number of pyridine rings is 2. The second kappa shape index (κ2) is 3.86. The summed E-state index contributed by atoms with van der Waals surface area (Å²) in [6.45, 7) is 0. The molecule has 0 fully saturated rings. The first-order chi connectivity index (χ1) is 7.35. The molecule has 0 aromatic carbocycles. The Morgan fingerprint density at radius 1 is 1.40 bits per heavy atom. The van der Waals surface area contributed by atoms with Gasteiger partial charge in [-0.1, -0.05) is 0 Å². The number of fused-ring (bicyclic) bond motifs is 1. The van der Waals surface area contributed by atoms with Gasteiger partial charge < -0.3 is 4.74 Å². The molecule has 15 heavy (non-hydrogen) atoms. The first-order valence-electron chi connectivity index (χ1n) is 4.23. The van der Waals surface area contributed by atoms with Crippen molar-refractivity contribution in [1.82, 2.24) is 9.97 Å². The average Bonchev–Trinajstić information content (AvgIpc) is 2.29. The van der Waals surface area contributed by atoms with Crippen molar-refractivity contribution in [3.05, 3.63) is 24.4 Å². The Labute approximate surface area is 85.5 Å². The van der Waals surface area contributed by atoms with E-state index in [2.05, 4.69) is 15.0 Å². The van der Waals surface area contributed by atoms with Crippen molar-refractivity contribution in [2.24, 2.45) is 4.99 Å². The molecular formula is C10H7N3O2. The van der Waals surface area contributed by atoms with Gasteiger partial charge in [-0.05, 0) is 12.1 Å². The number of nitrogens with zero attached hydrogens (tertiary/aromatic N) is 3. The Balaban J connectivity index is 2.75. The molecule has 0 aliphatic heterocycles. The van der Waals surface area contributed by atoms with Gasteiger partial charge in [-0.3, -0.25) is 4.98 Å². The van der Waals surface area contributed by atoms with E-state index in [1.807, 2.05) is 0 Å². The van der Waals surface area contributed by atoms with Crippen LogP contribution in [0.15, 0.2) is 29.4 Å². The molecule has 0 aliphatic rings. The third-order valence-corrected chi connectivity index (χ3v) is 1.91. The molecule has 0 saturated carbocycles. The maximum Gasteiger partial charge on any atom is 0.240 e. The maximum absolute atomic E-state index is 10.2. The number of carbonyl (C=O) groups excluding carboxylic acids is 1. The summed E-state index contributed by atoms with van der Waals surface area (Å²) >= 11 is 0. The third kappa shape index (κ3) is 1.68. The lowest BCUT2D eigenvalue weighted by Gasteiger charge is -2.01. The number of rotatable bonds is 2. The van der Waals surface area contributed by atoms with Crippen LogP contribution in [0.2, 0.25) is 0 Å². The van der Waals surface area contributed by atoms with Crippen LogP contribution in [0.1, 0.15) is 0 Å². The minimum absolute atomic E-state index is 0.439. The molecule has 0 bridgehead atoms. The zero-order valence-corrected chi connectivity index (χ0v) is 7.97. The standard InChI is InChI=1S/C10H7N3O2/c1-15-9-3-2-7-10(13-9)8(12-6-14)4-5-11-7/h2-5H,1H3. The van der Waals surface area contributed by atoms with Gasteiger partial charge in [-0.25, -0.2) is 9.78 Å². The zero-order valence-electron chi connectivity index (χ0n) is 7.97. The van der Waals surface area contributed by atoms with Gasteiger partial charge in [0.2, 0.25) is 12.0 Å². The summed E-state index contributed by atoms with van der Waals surface area (Å²) in [7, 11) is 1.52. The molecule has 2 heterocycles. The molecule has 5 heteroatoms. The van der Waals surface area contributed by atoms with E-state index in [9.17, 15) is 4.79 Å². The Morgan fingerprint density at radius 2 is 2.27 bits per heavy atom. The van der Waals surface area contributed by atoms with Crippen molar-refractivity contribution in [1.29, 1.82) is 0 Å². The van der Waals surface area contributed by atoms with Crippen LogP contribution in [0.3, 0.4) is 0 Å². The van der Waals surface area contributed by atoms with E-state index >= 15 is 0 Å². The number of methoxy groups -OCH3 is 1.